The molecule has 0 amide bonds. The summed E-state index contributed by atoms with van der Waals surface area (Å²) < 4.78 is 13.8. The van der Waals surface area contributed by atoms with Crippen LogP contribution < -0.4 is 0 Å². The Morgan fingerprint density at radius 2 is 1.81 bits per heavy atom. The molecule has 16 heavy (non-hydrogen) atoms. The minimum atomic E-state index is -0.862. The molecule has 0 bridgehead atoms. The van der Waals surface area contributed by atoms with Gasteiger partial charge in [-0.1, -0.05) is 30.3 Å². The summed E-state index contributed by atoms with van der Waals surface area (Å²) in [6, 6.07) is 9.15. The lowest BCUT2D eigenvalue weighted by atomic mass is 10.1. The van der Waals surface area contributed by atoms with Gasteiger partial charge in [0.15, 0.2) is 0 Å². The summed E-state index contributed by atoms with van der Waals surface area (Å²) in [5.41, 5.74) is 1.36. The van der Waals surface area contributed by atoms with Crippen molar-refractivity contribution in [2.75, 3.05) is 0 Å². The second-order valence-electron chi connectivity index (χ2n) is 3.77. The zero-order valence-electron chi connectivity index (χ0n) is 9.20. The van der Waals surface area contributed by atoms with E-state index in [9.17, 15) is 9.50 Å². The van der Waals surface area contributed by atoms with E-state index in [0.29, 0.717) is 10.4 Å². The maximum Gasteiger partial charge on any atom is 0.143 e. The molecule has 1 unspecified atom stereocenters. The van der Waals surface area contributed by atoms with Crippen LogP contribution in [0.1, 0.15) is 27.0 Å². The summed E-state index contributed by atoms with van der Waals surface area (Å²) in [5, 5.41) is 10.1. The molecule has 0 fully saturated rings. The van der Waals surface area contributed by atoms with E-state index in [2.05, 4.69) is 0 Å². The summed E-state index contributed by atoms with van der Waals surface area (Å²) in [7, 11) is 0. The Bertz CT molecular complexity index is 490. The van der Waals surface area contributed by atoms with Crippen LogP contribution in [0.2, 0.25) is 0 Å². The highest BCUT2D eigenvalue weighted by Crippen LogP contribution is 2.33. The highest BCUT2D eigenvalue weighted by molar-refractivity contribution is 7.12. The molecule has 0 radical (unpaired) electrons. The summed E-state index contributed by atoms with van der Waals surface area (Å²) in [4.78, 5) is 1.32. The van der Waals surface area contributed by atoms with E-state index in [0.717, 1.165) is 10.4 Å². The lowest BCUT2D eigenvalue weighted by molar-refractivity contribution is 0.219. The van der Waals surface area contributed by atoms with Crippen LogP contribution in [0, 0.1) is 19.7 Å². The molecule has 1 nitrogen and oxygen atoms in total. The fourth-order valence-corrected chi connectivity index (χ4v) is 2.65. The van der Waals surface area contributed by atoms with Gasteiger partial charge in [-0.05, 0) is 25.0 Å². The average molecular weight is 236 g/mol. The Kier molecular flexibility index (Phi) is 3.08. The number of thiophene rings is 1. The molecule has 1 aromatic heterocycles. The number of hydrogen-bond acceptors (Lipinski definition) is 2. The van der Waals surface area contributed by atoms with E-state index < -0.39 is 6.10 Å². The van der Waals surface area contributed by atoms with Gasteiger partial charge in [-0.15, -0.1) is 11.3 Å². The fraction of sp³-hybridized carbons (Fsp3) is 0.231. The Hall–Kier alpha value is -1.19. The third-order valence-electron chi connectivity index (χ3n) is 2.70. The first-order valence-electron chi connectivity index (χ1n) is 5.09. The van der Waals surface area contributed by atoms with Crippen molar-refractivity contribution in [1.29, 1.82) is 0 Å². The molecule has 1 atom stereocenters. The second-order valence-corrected chi connectivity index (χ2v) is 5.03. The lowest BCUT2D eigenvalue weighted by Crippen LogP contribution is -1.99. The van der Waals surface area contributed by atoms with Crippen molar-refractivity contribution < 1.29 is 9.50 Å². The molecule has 0 aliphatic heterocycles. The number of halogens is 1. The SMILES string of the molecule is Cc1sc(C(O)c2ccccc2)c(F)c1C. The number of benzene rings is 1. The van der Waals surface area contributed by atoms with Crippen LogP contribution >= 0.6 is 11.3 Å². The first-order valence-corrected chi connectivity index (χ1v) is 5.91. The highest BCUT2D eigenvalue weighted by atomic mass is 32.1. The molecule has 1 N–H and O–H groups in total. The summed E-state index contributed by atoms with van der Waals surface area (Å²) in [5.74, 6) is -0.279. The summed E-state index contributed by atoms with van der Waals surface area (Å²) in [6.07, 6.45) is -0.862. The maximum atomic E-state index is 13.8. The minimum absolute atomic E-state index is 0.279. The standard InChI is InChI=1S/C13H13FOS/c1-8-9(2)16-13(11(8)14)12(15)10-6-4-3-5-7-10/h3-7,12,15H,1-2H3. The molecule has 3 heteroatoms. The number of rotatable bonds is 2. The van der Waals surface area contributed by atoms with Gasteiger partial charge < -0.3 is 5.11 Å². The number of aliphatic hydroxyl groups is 1. The number of hydrogen-bond donors (Lipinski definition) is 1. The Balaban J connectivity index is 2.42. The molecule has 2 aromatic rings. The number of aliphatic hydroxyl groups excluding tert-OH is 1. The smallest absolute Gasteiger partial charge is 0.143 e. The fourth-order valence-electron chi connectivity index (χ4n) is 1.59. The van der Waals surface area contributed by atoms with E-state index in [-0.39, 0.29) is 5.82 Å². The molecular weight excluding hydrogens is 223 g/mol. The molecule has 0 aliphatic carbocycles. The van der Waals surface area contributed by atoms with E-state index in [4.69, 9.17) is 0 Å². The monoisotopic (exact) mass is 236 g/mol. The van der Waals surface area contributed by atoms with E-state index in [1.54, 1.807) is 19.1 Å². The average Bonchev–Trinajstić information content (AvgIpc) is 2.57. The van der Waals surface area contributed by atoms with Gasteiger partial charge in [-0.2, -0.15) is 0 Å². The Labute approximate surface area is 98.2 Å². The van der Waals surface area contributed by atoms with Crippen LogP contribution in [0.5, 0.6) is 0 Å². The quantitative estimate of drug-likeness (QED) is 0.845. The Morgan fingerprint density at radius 1 is 1.19 bits per heavy atom. The topological polar surface area (TPSA) is 20.2 Å². The van der Waals surface area contributed by atoms with Gasteiger partial charge in [0.1, 0.15) is 11.9 Å². The molecule has 0 aliphatic rings. The van der Waals surface area contributed by atoms with Crippen LogP contribution in [-0.4, -0.2) is 5.11 Å². The molecule has 1 aromatic carbocycles. The predicted octanol–water partition coefficient (Wildman–Crippen LogP) is 3.59. The van der Waals surface area contributed by atoms with Crippen molar-refractivity contribution in [3.8, 4) is 0 Å². The lowest BCUT2D eigenvalue weighted by Gasteiger charge is -2.08. The summed E-state index contributed by atoms with van der Waals surface area (Å²) >= 11 is 1.32. The molecule has 0 saturated heterocycles. The predicted molar refractivity (Wildman–Crippen MR) is 64.3 cm³/mol. The van der Waals surface area contributed by atoms with E-state index in [1.165, 1.54) is 11.3 Å². The van der Waals surface area contributed by atoms with Crippen molar-refractivity contribution in [1.82, 2.24) is 0 Å². The number of aryl methyl sites for hydroxylation is 1. The summed E-state index contributed by atoms with van der Waals surface area (Å²) in [6.45, 7) is 3.60. The van der Waals surface area contributed by atoms with Gasteiger partial charge in [0.05, 0.1) is 4.88 Å². The molecule has 0 spiro atoms. The third-order valence-corrected chi connectivity index (χ3v) is 3.94. The largest absolute Gasteiger partial charge is 0.383 e. The van der Waals surface area contributed by atoms with Gasteiger partial charge in [-0.25, -0.2) is 4.39 Å². The zero-order chi connectivity index (χ0) is 11.7. The van der Waals surface area contributed by atoms with Gasteiger partial charge in [0, 0.05) is 4.88 Å². The van der Waals surface area contributed by atoms with Crippen molar-refractivity contribution in [2.45, 2.75) is 20.0 Å². The molecular formula is C13H13FOS. The molecule has 1 heterocycles. The molecule has 2 rings (SSSR count). The van der Waals surface area contributed by atoms with Gasteiger partial charge in [0.2, 0.25) is 0 Å². The van der Waals surface area contributed by atoms with Crippen LogP contribution in [0.15, 0.2) is 30.3 Å². The Morgan fingerprint density at radius 3 is 2.31 bits per heavy atom. The normalized spacial score (nSPS) is 12.8. The van der Waals surface area contributed by atoms with E-state index in [1.807, 2.05) is 25.1 Å². The minimum Gasteiger partial charge on any atom is -0.383 e. The second kappa shape index (κ2) is 4.36. The third kappa shape index (κ3) is 1.88. The van der Waals surface area contributed by atoms with Crippen LogP contribution in [-0.2, 0) is 0 Å². The van der Waals surface area contributed by atoms with Gasteiger partial charge in [0.25, 0.3) is 0 Å². The first-order chi connectivity index (χ1) is 7.61. The van der Waals surface area contributed by atoms with E-state index >= 15 is 0 Å². The maximum absolute atomic E-state index is 13.8. The van der Waals surface area contributed by atoms with Crippen LogP contribution in [0.25, 0.3) is 0 Å². The molecule has 0 saturated carbocycles. The van der Waals surface area contributed by atoms with Crippen LogP contribution in [0.4, 0.5) is 4.39 Å². The van der Waals surface area contributed by atoms with Gasteiger partial charge >= 0.3 is 0 Å². The van der Waals surface area contributed by atoms with Crippen molar-refractivity contribution in [3.05, 3.63) is 57.0 Å². The highest BCUT2D eigenvalue weighted by Gasteiger charge is 2.20. The van der Waals surface area contributed by atoms with Gasteiger partial charge in [-0.3, -0.25) is 0 Å². The van der Waals surface area contributed by atoms with Crippen molar-refractivity contribution >= 4 is 11.3 Å². The van der Waals surface area contributed by atoms with Crippen molar-refractivity contribution in [3.63, 3.8) is 0 Å². The van der Waals surface area contributed by atoms with Crippen molar-refractivity contribution in [2.24, 2.45) is 0 Å². The van der Waals surface area contributed by atoms with Crippen LogP contribution in [0.3, 0.4) is 0 Å². The molecule has 84 valence electrons. The first kappa shape index (κ1) is 11.3. The zero-order valence-corrected chi connectivity index (χ0v) is 10.0.